The zero-order valence-electron chi connectivity index (χ0n) is 8.96. The van der Waals surface area contributed by atoms with E-state index in [1.807, 2.05) is 12.1 Å². The topological polar surface area (TPSA) is 81.8 Å². The predicted octanol–water partition coefficient (Wildman–Crippen LogP) is 1.67. The Balaban J connectivity index is 2.13. The van der Waals surface area contributed by atoms with Crippen LogP contribution in [0.15, 0.2) is 36.7 Å². The first-order valence-electron chi connectivity index (χ1n) is 5.03. The van der Waals surface area contributed by atoms with Gasteiger partial charge in [-0.15, -0.1) is 0 Å². The normalized spacial score (nSPS) is 9.59. The van der Waals surface area contributed by atoms with Crippen LogP contribution in [0.1, 0.15) is 11.3 Å². The van der Waals surface area contributed by atoms with Gasteiger partial charge in [-0.05, 0) is 6.07 Å². The summed E-state index contributed by atoms with van der Waals surface area (Å²) in [5, 5.41) is 21.4. The number of phenols is 1. The summed E-state index contributed by atoms with van der Waals surface area (Å²) in [5.41, 5.74) is 0.977. The van der Waals surface area contributed by atoms with Gasteiger partial charge in [0, 0.05) is 24.5 Å². The molecule has 0 bridgehead atoms. The Morgan fingerprint density at radius 2 is 2.00 bits per heavy atom. The van der Waals surface area contributed by atoms with Crippen LogP contribution in [0.3, 0.4) is 0 Å². The number of hydrogen-bond donors (Lipinski definition) is 2. The SMILES string of the molecule is N#Cc1nccnc1NCc1ccccc1O. The molecule has 0 aliphatic rings. The van der Waals surface area contributed by atoms with Gasteiger partial charge in [-0.3, -0.25) is 0 Å². The van der Waals surface area contributed by atoms with E-state index in [4.69, 9.17) is 5.26 Å². The maximum atomic E-state index is 9.57. The number of phenolic OH excluding ortho intramolecular Hbond substituents is 1. The first-order chi connectivity index (χ1) is 8.31. The average Bonchev–Trinajstić information content (AvgIpc) is 2.38. The van der Waals surface area contributed by atoms with Crippen molar-refractivity contribution < 1.29 is 5.11 Å². The van der Waals surface area contributed by atoms with Gasteiger partial charge in [-0.1, -0.05) is 18.2 Å². The van der Waals surface area contributed by atoms with Crippen molar-refractivity contribution in [2.24, 2.45) is 0 Å². The van der Waals surface area contributed by atoms with Crippen LogP contribution in [0.4, 0.5) is 5.82 Å². The first-order valence-corrected chi connectivity index (χ1v) is 5.03. The number of para-hydroxylation sites is 1. The Morgan fingerprint density at radius 1 is 1.24 bits per heavy atom. The van der Waals surface area contributed by atoms with Crippen molar-refractivity contribution in [2.45, 2.75) is 6.54 Å². The molecule has 0 spiro atoms. The standard InChI is InChI=1S/C12H10N4O/c13-7-10-12(15-6-5-14-10)16-8-9-3-1-2-4-11(9)17/h1-6,17H,8H2,(H,15,16). The first kappa shape index (κ1) is 10.9. The quantitative estimate of drug-likeness (QED) is 0.831. The van der Waals surface area contributed by atoms with Gasteiger partial charge in [0.2, 0.25) is 0 Å². The Morgan fingerprint density at radius 3 is 2.76 bits per heavy atom. The van der Waals surface area contributed by atoms with Crippen molar-refractivity contribution in [3.8, 4) is 11.8 Å². The minimum Gasteiger partial charge on any atom is -0.508 e. The monoisotopic (exact) mass is 226 g/mol. The number of nitrogens with one attached hydrogen (secondary N) is 1. The fourth-order valence-electron chi connectivity index (χ4n) is 1.39. The maximum absolute atomic E-state index is 9.57. The van der Waals surface area contributed by atoms with E-state index in [-0.39, 0.29) is 11.4 Å². The van der Waals surface area contributed by atoms with Crippen LogP contribution < -0.4 is 5.32 Å². The minimum absolute atomic E-state index is 0.211. The van der Waals surface area contributed by atoms with E-state index in [0.717, 1.165) is 5.56 Å². The van der Waals surface area contributed by atoms with E-state index < -0.39 is 0 Å². The zero-order valence-corrected chi connectivity index (χ0v) is 8.96. The molecule has 0 fully saturated rings. The lowest BCUT2D eigenvalue weighted by molar-refractivity contribution is 0.469. The van der Waals surface area contributed by atoms with Crippen LogP contribution >= 0.6 is 0 Å². The number of aromatic hydroxyl groups is 1. The number of nitriles is 1. The van der Waals surface area contributed by atoms with Crippen LogP contribution in [0.25, 0.3) is 0 Å². The van der Waals surface area contributed by atoms with Crippen molar-refractivity contribution in [1.82, 2.24) is 9.97 Å². The molecule has 84 valence electrons. The number of hydrogen-bond acceptors (Lipinski definition) is 5. The summed E-state index contributed by atoms with van der Waals surface area (Å²) in [6, 6.07) is 8.94. The Bertz CT molecular complexity index is 562. The van der Waals surface area contributed by atoms with E-state index in [2.05, 4.69) is 15.3 Å². The lowest BCUT2D eigenvalue weighted by Gasteiger charge is -2.07. The third-order valence-electron chi connectivity index (χ3n) is 2.24. The van der Waals surface area contributed by atoms with Crippen LogP contribution in [0.5, 0.6) is 5.75 Å². The lowest BCUT2D eigenvalue weighted by atomic mass is 10.2. The van der Waals surface area contributed by atoms with E-state index in [1.54, 1.807) is 18.2 Å². The van der Waals surface area contributed by atoms with Gasteiger partial charge < -0.3 is 10.4 Å². The Labute approximate surface area is 98.4 Å². The van der Waals surface area contributed by atoms with Gasteiger partial charge in [0.15, 0.2) is 11.5 Å². The summed E-state index contributed by atoms with van der Waals surface area (Å²) in [6.07, 6.45) is 2.97. The van der Waals surface area contributed by atoms with Gasteiger partial charge in [-0.25, -0.2) is 9.97 Å². The summed E-state index contributed by atoms with van der Waals surface area (Å²) < 4.78 is 0. The highest BCUT2D eigenvalue weighted by atomic mass is 16.3. The minimum atomic E-state index is 0.211. The van der Waals surface area contributed by atoms with Crippen molar-refractivity contribution >= 4 is 5.82 Å². The molecule has 0 unspecified atom stereocenters. The number of nitrogens with zero attached hydrogens (tertiary/aromatic N) is 3. The molecular formula is C12H10N4O. The van der Waals surface area contributed by atoms with Gasteiger partial charge in [0.05, 0.1) is 0 Å². The molecule has 1 aromatic heterocycles. The fourth-order valence-corrected chi connectivity index (χ4v) is 1.39. The summed E-state index contributed by atoms with van der Waals surface area (Å²) in [4.78, 5) is 7.90. The predicted molar refractivity (Wildman–Crippen MR) is 62.2 cm³/mol. The molecule has 17 heavy (non-hydrogen) atoms. The molecule has 0 amide bonds. The highest BCUT2D eigenvalue weighted by Gasteiger charge is 2.04. The molecule has 0 saturated heterocycles. The molecule has 5 heteroatoms. The Kier molecular flexibility index (Phi) is 3.17. The number of aromatic nitrogens is 2. The average molecular weight is 226 g/mol. The van der Waals surface area contributed by atoms with E-state index in [0.29, 0.717) is 12.4 Å². The summed E-state index contributed by atoms with van der Waals surface area (Å²) >= 11 is 0. The third-order valence-corrected chi connectivity index (χ3v) is 2.24. The number of rotatable bonds is 3. The third kappa shape index (κ3) is 2.49. The lowest BCUT2D eigenvalue weighted by Crippen LogP contribution is -2.04. The number of anilines is 1. The zero-order chi connectivity index (χ0) is 12.1. The van der Waals surface area contributed by atoms with Crippen LogP contribution in [0, 0.1) is 11.3 Å². The molecule has 2 rings (SSSR count). The molecule has 1 heterocycles. The van der Waals surface area contributed by atoms with Crippen molar-refractivity contribution in [3.05, 3.63) is 47.9 Å². The molecule has 0 radical (unpaired) electrons. The smallest absolute Gasteiger partial charge is 0.182 e. The molecule has 0 aliphatic heterocycles. The second-order valence-electron chi connectivity index (χ2n) is 3.35. The highest BCUT2D eigenvalue weighted by Crippen LogP contribution is 2.17. The maximum Gasteiger partial charge on any atom is 0.182 e. The van der Waals surface area contributed by atoms with Crippen LogP contribution in [0.2, 0.25) is 0 Å². The van der Waals surface area contributed by atoms with Gasteiger partial charge in [0.25, 0.3) is 0 Å². The molecule has 0 atom stereocenters. The summed E-state index contributed by atoms with van der Waals surface area (Å²) in [5.74, 6) is 0.626. The fraction of sp³-hybridized carbons (Fsp3) is 0.0833. The molecule has 0 aliphatic carbocycles. The molecule has 2 N–H and O–H groups in total. The number of benzene rings is 1. The largest absolute Gasteiger partial charge is 0.508 e. The molecule has 5 nitrogen and oxygen atoms in total. The molecular weight excluding hydrogens is 216 g/mol. The van der Waals surface area contributed by atoms with E-state index >= 15 is 0 Å². The highest BCUT2D eigenvalue weighted by molar-refractivity contribution is 5.47. The van der Waals surface area contributed by atoms with Gasteiger partial charge >= 0.3 is 0 Å². The van der Waals surface area contributed by atoms with Crippen LogP contribution in [-0.4, -0.2) is 15.1 Å². The van der Waals surface area contributed by atoms with Crippen LogP contribution in [-0.2, 0) is 6.54 Å². The Hall–Kier alpha value is -2.61. The van der Waals surface area contributed by atoms with Gasteiger partial charge in [-0.2, -0.15) is 5.26 Å². The van der Waals surface area contributed by atoms with E-state index in [9.17, 15) is 5.11 Å². The van der Waals surface area contributed by atoms with Crippen molar-refractivity contribution in [3.63, 3.8) is 0 Å². The summed E-state index contributed by atoms with van der Waals surface area (Å²) in [7, 11) is 0. The molecule has 1 aromatic carbocycles. The van der Waals surface area contributed by atoms with Crippen molar-refractivity contribution in [2.75, 3.05) is 5.32 Å². The van der Waals surface area contributed by atoms with Gasteiger partial charge in [0.1, 0.15) is 11.8 Å². The summed E-state index contributed by atoms with van der Waals surface area (Å²) in [6.45, 7) is 0.389. The molecule has 0 saturated carbocycles. The molecule has 2 aromatic rings. The second-order valence-corrected chi connectivity index (χ2v) is 3.35. The van der Waals surface area contributed by atoms with Crippen molar-refractivity contribution in [1.29, 1.82) is 5.26 Å². The van der Waals surface area contributed by atoms with E-state index in [1.165, 1.54) is 12.4 Å². The second kappa shape index (κ2) is 4.94.